The van der Waals surface area contributed by atoms with Gasteiger partial charge in [-0.1, -0.05) is 65.0 Å². The van der Waals surface area contributed by atoms with Crippen molar-refractivity contribution >= 4 is 0 Å². The van der Waals surface area contributed by atoms with Gasteiger partial charge in [0.2, 0.25) is 0 Å². The van der Waals surface area contributed by atoms with Gasteiger partial charge < -0.3 is 0 Å². The highest BCUT2D eigenvalue weighted by Gasteiger charge is 2.36. The molecule has 0 saturated carbocycles. The average molecular weight is 190 g/mol. The summed E-state index contributed by atoms with van der Waals surface area (Å²) in [6, 6.07) is 10.8. The van der Waals surface area contributed by atoms with E-state index in [0.717, 1.165) is 0 Å². The molecule has 0 aromatic heterocycles. The number of hydrogen-bond donors (Lipinski definition) is 0. The lowest BCUT2D eigenvalue weighted by molar-refractivity contribution is 0.196. The van der Waals surface area contributed by atoms with Gasteiger partial charge in [0.15, 0.2) is 0 Å². The largest absolute Gasteiger partial charge is 0.0645 e. The van der Waals surface area contributed by atoms with Gasteiger partial charge in [-0.3, -0.25) is 0 Å². The molecule has 1 atom stereocenters. The molecule has 0 saturated heterocycles. The summed E-state index contributed by atoms with van der Waals surface area (Å²) < 4.78 is 0. The van der Waals surface area contributed by atoms with E-state index in [1.807, 2.05) is 0 Å². The average Bonchev–Trinajstić information content (AvgIpc) is 2.16. The topological polar surface area (TPSA) is 0 Å². The zero-order chi connectivity index (χ0) is 10.8. The highest BCUT2D eigenvalue weighted by molar-refractivity contribution is 5.26. The molecule has 0 fully saturated rings. The first-order valence-electron chi connectivity index (χ1n) is 5.47. The van der Waals surface area contributed by atoms with Crippen LogP contribution in [-0.2, 0) is 5.41 Å². The molecule has 1 rings (SSSR count). The summed E-state index contributed by atoms with van der Waals surface area (Å²) in [5, 5.41) is 0. The highest BCUT2D eigenvalue weighted by Crippen LogP contribution is 2.43. The Morgan fingerprint density at radius 2 is 1.43 bits per heavy atom. The third-order valence-corrected chi connectivity index (χ3v) is 3.77. The molecule has 0 heteroatoms. The smallest absolute Gasteiger partial charge is 0.00294 e. The lowest BCUT2D eigenvalue weighted by atomic mass is 9.62. The molecule has 1 aromatic rings. The predicted octanol–water partition coefficient (Wildman–Crippen LogP) is 4.40. The summed E-state index contributed by atoms with van der Waals surface area (Å²) in [6.45, 7) is 11.6. The molecule has 0 N–H and O–H groups in total. The fraction of sp³-hybridized carbons (Fsp3) is 0.571. The predicted molar refractivity (Wildman–Crippen MR) is 63.5 cm³/mol. The molecule has 0 heterocycles. The van der Waals surface area contributed by atoms with Gasteiger partial charge in [-0.15, -0.1) is 0 Å². The van der Waals surface area contributed by atoms with Gasteiger partial charge in [0.1, 0.15) is 0 Å². The van der Waals surface area contributed by atoms with Crippen molar-refractivity contribution in [2.45, 2.75) is 46.5 Å². The second kappa shape index (κ2) is 3.76. The van der Waals surface area contributed by atoms with Crippen molar-refractivity contribution in [3.05, 3.63) is 35.9 Å². The van der Waals surface area contributed by atoms with Crippen LogP contribution in [0.25, 0.3) is 0 Å². The summed E-state index contributed by atoms with van der Waals surface area (Å²) >= 11 is 0. The minimum absolute atomic E-state index is 0.272. The molecule has 0 spiro atoms. The zero-order valence-corrected chi connectivity index (χ0v) is 10.1. The van der Waals surface area contributed by atoms with Gasteiger partial charge in [-0.25, -0.2) is 0 Å². The summed E-state index contributed by atoms with van der Waals surface area (Å²) in [5.74, 6) is 0. The van der Waals surface area contributed by atoms with Gasteiger partial charge in [-0.05, 0) is 22.8 Å². The summed E-state index contributed by atoms with van der Waals surface area (Å²) in [6.07, 6.45) is 1.18. The number of hydrogen-bond acceptors (Lipinski definition) is 0. The van der Waals surface area contributed by atoms with E-state index in [-0.39, 0.29) is 5.41 Å². The summed E-state index contributed by atoms with van der Waals surface area (Å²) in [7, 11) is 0. The third kappa shape index (κ3) is 1.84. The van der Waals surface area contributed by atoms with Crippen molar-refractivity contribution in [2.24, 2.45) is 5.41 Å². The maximum Gasteiger partial charge on any atom is -0.00294 e. The lowest BCUT2D eigenvalue weighted by Gasteiger charge is -2.42. The van der Waals surface area contributed by atoms with Crippen LogP contribution in [0.2, 0.25) is 0 Å². The van der Waals surface area contributed by atoms with Crippen molar-refractivity contribution in [1.29, 1.82) is 0 Å². The van der Waals surface area contributed by atoms with Crippen LogP contribution in [0, 0.1) is 5.41 Å². The van der Waals surface area contributed by atoms with E-state index in [0.29, 0.717) is 5.41 Å². The van der Waals surface area contributed by atoms with E-state index in [1.165, 1.54) is 12.0 Å². The Morgan fingerprint density at radius 3 is 1.79 bits per heavy atom. The molecule has 1 aromatic carbocycles. The van der Waals surface area contributed by atoms with E-state index in [1.54, 1.807) is 0 Å². The second-order valence-electron chi connectivity index (χ2n) is 5.30. The molecule has 0 amide bonds. The van der Waals surface area contributed by atoms with Gasteiger partial charge in [0, 0.05) is 0 Å². The van der Waals surface area contributed by atoms with Crippen LogP contribution in [0.4, 0.5) is 0 Å². The molecular formula is C14H22. The third-order valence-electron chi connectivity index (χ3n) is 3.77. The normalized spacial score (nSPS) is 16.4. The zero-order valence-electron chi connectivity index (χ0n) is 10.1. The van der Waals surface area contributed by atoms with E-state index < -0.39 is 0 Å². The van der Waals surface area contributed by atoms with Crippen LogP contribution >= 0.6 is 0 Å². The molecule has 14 heavy (non-hydrogen) atoms. The maximum atomic E-state index is 2.36. The Bertz CT molecular complexity index is 279. The van der Waals surface area contributed by atoms with E-state index >= 15 is 0 Å². The van der Waals surface area contributed by atoms with Gasteiger partial charge in [0.25, 0.3) is 0 Å². The van der Waals surface area contributed by atoms with Crippen molar-refractivity contribution in [3.63, 3.8) is 0 Å². The van der Waals surface area contributed by atoms with Gasteiger partial charge in [-0.2, -0.15) is 0 Å². The monoisotopic (exact) mass is 190 g/mol. The van der Waals surface area contributed by atoms with Crippen LogP contribution in [0.3, 0.4) is 0 Å². The van der Waals surface area contributed by atoms with Crippen LogP contribution in [0.5, 0.6) is 0 Å². The van der Waals surface area contributed by atoms with Crippen molar-refractivity contribution in [2.75, 3.05) is 0 Å². The van der Waals surface area contributed by atoms with Crippen LogP contribution in [0.15, 0.2) is 30.3 Å². The number of rotatable bonds is 2. The van der Waals surface area contributed by atoms with E-state index in [4.69, 9.17) is 0 Å². The fourth-order valence-corrected chi connectivity index (χ4v) is 1.97. The van der Waals surface area contributed by atoms with Gasteiger partial charge >= 0.3 is 0 Å². The standard InChI is InChI=1S/C14H22/c1-6-14(5,13(2,3)4)12-10-8-7-9-11-12/h7-11H,6H2,1-5H3. The number of benzene rings is 1. The highest BCUT2D eigenvalue weighted by atomic mass is 14.4. The molecule has 0 radical (unpaired) electrons. The van der Waals surface area contributed by atoms with Crippen molar-refractivity contribution in [3.8, 4) is 0 Å². The summed E-state index contributed by atoms with van der Waals surface area (Å²) in [5.41, 5.74) is 2.03. The van der Waals surface area contributed by atoms with Crippen LogP contribution in [-0.4, -0.2) is 0 Å². The molecule has 0 aliphatic rings. The first-order chi connectivity index (χ1) is 6.42. The maximum absolute atomic E-state index is 2.36. The van der Waals surface area contributed by atoms with Crippen LogP contribution in [0.1, 0.15) is 46.6 Å². The van der Waals surface area contributed by atoms with Crippen molar-refractivity contribution < 1.29 is 0 Å². The molecule has 0 bridgehead atoms. The second-order valence-corrected chi connectivity index (χ2v) is 5.30. The molecule has 1 unspecified atom stereocenters. The van der Waals surface area contributed by atoms with Crippen LogP contribution < -0.4 is 0 Å². The molecular weight excluding hydrogens is 168 g/mol. The Kier molecular flexibility index (Phi) is 3.04. The van der Waals surface area contributed by atoms with Gasteiger partial charge in [0.05, 0.1) is 0 Å². The minimum atomic E-state index is 0.272. The molecule has 0 aliphatic heterocycles. The first kappa shape index (κ1) is 11.3. The minimum Gasteiger partial charge on any atom is -0.0645 e. The lowest BCUT2D eigenvalue weighted by Crippen LogP contribution is -2.36. The SMILES string of the molecule is CCC(C)(c1ccccc1)C(C)(C)C. The first-order valence-corrected chi connectivity index (χ1v) is 5.47. The molecule has 0 aliphatic carbocycles. The Hall–Kier alpha value is -0.780. The molecule has 0 nitrogen and oxygen atoms in total. The summed E-state index contributed by atoms with van der Waals surface area (Å²) in [4.78, 5) is 0. The van der Waals surface area contributed by atoms with Crippen molar-refractivity contribution in [1.82, 2.24) is 0 Å². The molecule has 78 valence electrons. The van der Waals surface area contributed by atoms with E-state index in [2.05, 4.69) is 65.0 Å². The Labute approximate surface area is 88.4 Å². The fourth-order valence-electron chi connectivity index (χ4n) is 1.97. The Balaban J connectivity index is 3.15. The Morgan fingerprint density at radius 1 is 0.929 bits per heavy atom. The van der Waals surface area contributed by atoms with E-state index in [9.17, 15) is 0 Å². The quantitative estimate of drug-likeness (QED) is 0.648.